The van der Waals surface area contributed by atoms with E-state index < -0.39 is 0 Å². The molecular weight excluding hydrogens is 322 g/mol. The molecule has 1 fully saturated rings. The zero-order valence-corrected chi connectivity index (χ0v) is 14.9. The molecule has 1 aliphatic heterocycles. The highest BCUT2D eigenvalue weighted by atomic mass is 32.2. The number of nitrogens with zero attached hydrogens (tertiary/aromatic N) is 1. The van der Waals surface area contributed by atoms with E-state index in [4.69, 9.17) is 14.5 Å². The Morgan fingerprint density at radius 1 is 1.04 bits per heavy atom. The van der Waals surface area contributed by atoms with E-state index in [1.807, 2.05) is 54.2 Å². The average Bonchev–Trinajstić information content (AvgIpc) is 2.96. The third kappa shape index (κ3) is 4.11. The summed E-state index contributed by atoms with van der Waals surface area (Å²) in [6.07, 6.45) is 2.26. The highest BCUT2D eigenvalue weighted by molar-refractivity contribution is 8.00. The van der Waals surface area contributed by atoms with E-state index in [1.165, 1.54) is 11.3 Å². The second-order valence-corrected chi connectivity index (χ2v) is 7.32. The van der Waals surface area contributed by atoms with E-state index in [2.05, 4.69) is 24.1 Å². The number of rotatable bonds is 7. The number of ether oxygens (including phenoxy) is 1. The Morgan fingerprint density at radius 2 is 1.75 bits per heavy atom. The Labute approximate surface area is 147 Å². The van der Waals surface area contributed by atoms with E-state index in [-0.39, 0.29) is 4.87 Å². The summed E-state index contributed by atoms with van der Waals surface area (Å²) in [7, 11) is 3.70. The number of para-hydroxylation sites is 1. The van der Waals surface area contributed by atoms with Crippen molar-refractivity contribution in [1.29, 1.82) is 0 Å². The number of likely N-dealkylation sites (N-methyl/N-ethyl adjacent to an activating group) is 1. The first-order chi connectivity index (χ1) is 11.7. The monoisotopic (exact) mass is 345 g/mol. The van der Waals surface area contributed by atoms with Crippen LogP contribution < -0.4 is 4.74 Å². The molecule has 128 valence electrons. The molecule has 0 N–H and O–H groups in total. The average molecular weight is 345 g/mol. The molecule has 2 aromatic rings. The second kappa shape index (κ2) is 8.03. The van der Waals surface area contributed by atoms with Crippen LogP contribution in [0.5, 0.6) is 11.5 Å². The van der Waals surface area contributed by atoms with Crippen LogP contribution in [-0.2, 0) is 9.78 Å². The van der Waals surface area contributed by atoms with Crippen LogP contribution in [0.2, 0.25) is 0 Å². The maximum absolute atomic E-state index is 5.85. The minimum atomic E-state index is -0.0716. The molecule has 0 saturated carbocycles. The van der Waals surface area contributed by atoms with Gasteiger partial charge in [0.2, 0.25) is 0 Å². The van der Waals surface area contributed by atoms with Crippen molar-refractivity contribution in [3.05, 3.63) is 54.6 Å². The summed E-state index contributed by atoms with van der Waals surface area (Å²) in [5, 5.41) is 0. The van der Waals surface area contributed by atoms with Gasteiger partial charge in [-0.15, -0.1) is 11.8 Å². The summed E-state index contributed by atoms with van der Waals surface area (Å²) in [6, 6.07) is 18.0. The summed E-state index contributed by atoms with van der Waals surface area (Å²) in [5.41, 5.74) is 0. The van der Waals surface area contributed by atoms with Gasteiger partial charge in [0, 0.05) is 4.90 Å². The van der Waals surface area contributed by atoms with Crippen molar-refractivity contribution >= 4 is 11.8 Å². The van der Waals surface area contributed by atoms with Gasteiger partial charge in [-0.3, -0.25) is 4.90 Å². The second-order valence-electron chi connectivity index (χ2n) is 5.89. The normalized spacial score (nSPS) is 21.1. The topological polar surface area (TPSA) is 30.9 Å². The van der Waals surface area contributed by atoms with Gasteiger partial charge in [-0.1, -0.05) is 18.2 Å². The fraction of sp³-hybridized carbons (Fsp3) is 0.368. The zero-order valence-electron chi connectivity index (χ0n) is 14.1. The molecule has 0 spiro atoms. The number of hydrogen-bond donors (Lipinski definition) is 0. The molecule has 0 radical (unpaired) electrons. The van der Waals surface area contributed by atoms with Crippen LogP contribution >= 0.6 is 11.8 Å². The molecular formula is C19H23NO3S. The molecule has 0 aromatic heterocycles. The summed E-state index contributed by atoms with van der Waals surface area (Å²) < 4.78 is 5.85. The molecule has 5 heteroatoms. The van der Waals surface area contributed by atoms with E-state index in [9.17, 15) is 0 Å². The summed E-state index contributed by atoms with van der Waals surface area (Å²) in [5.74, 6) is 1.69. The SMILES string of the molecule is COOCC1(Sc2ccc(Oc3ccccc3)cc2)CCCN1C. The Hall–Kier alpha value is -1.53. The van der Waals surface area contributed by atoms with Gasteiger partial charge in [0.25, 0.3) is 0 Å². The fourth-order valence-electron chi connectivity index (χ4n) is 2.90. The largest absolute Gasteiger partial charge is 0.457 e. The van der Waals surface area contributed by atoms with Crippen molar-refractivity contribution in [2.24, 2.45) is 0 Å². The lowest BCUT2D eigenvalue weighted by Gasteiger charge is -2.34. The number of thioether (sulfide) groups is 1. The molecule has 1 unspecified atom stereocenters. The van der Waals surface area contributed by atoms with Gasteiger partial charge in [-0.2, -0.15) is 0 Å². The quantitative estimate of drug-likeness (QED) is 0.542. The molecule has 1 aliphatic rings. The first-order valence-corrected chi connectivity index (χ1v) is 8.92. The molecule has 4 nitrogen and oxygen atoms in total. The maximum Gasteiger partial charge on any atom is 0.127 e. The third-order valence-electron chi connectivity index (χ3n) is 4.27. The van der Waals surface area contributed by atoms with Crippen molar-refractivity contribution in [1.82, 2.24) is 4.90 Å². The first kappa shape index (κ1) is 17.3. The predicted molar refractivity (Wildman–Crippen MR) is 96.4 cm³/mol. The smallest absolute Gasteiger partial charge is 0.127 e. The van der Waals surface area contributed by atoms with Crippen molar-refractivity contribution in [2.45, 2.75) is 22.6 Å². The summed E-state index contributed by atoms with van der Waals surface area (Å²) >= 11 is 1.83. The van der Waals surface area contributed by atoms with Crippen LogP contribution in [-0.4, -0.2) is 37.1 Å². The molecule has 24 heavy (non-hydrogen) atoms. The molecule has 0 bridgehead atoms. The van der Waals surface area contributed by atoms with Crippen molar-refractivity contribution in [3.8, 4) is 11.5 Å². The fourth-order valence-corrected chi connectivity index (χ4v) is 4.21. The van der Waals surface area contributed by atoms with Crippen molar-refractivity contribution in [3.63, 3.8) is 0 Å². The lowest BCUT2D eigenvalue weighted by Crippen LogP contribution is -2.42. The summed E-state index contributed by atoms with van der Waals surface area (Å²) in [4.78, 5) is 13.6. The number of benzene rings is 2. The van der Waals surface area contributed by atoms with Crippen LogP contribution in [0.25, 0.3) is 0 Å². The van der Waals surface area contributed by atoms with E-state index in [0.717, 1.165) is 24.5 Å². The van der Waals surface area contributed by atoms with Crippen LogP contribution in [0, 0.1) is 0 Å². The number of likely N-dealkylation sites (tertiary alicyclic amines) is 1. The van der Waals surface area contributed by atoms with Gasteiger partial charge in [0.15, 0.2) is 0 Å². The van der Waals surface area contributed by atoms with Gasteiger partial charge >= 0.3 is 0 Å². The van der Waals surface area contributed by atoms with Gasteiger partial charge in [0.05, 0.1) is 12.0 Å². The van der Waals surface area contributed by atoms with Crippen molar-refractivity contribution in [2.75, 3.05) is 27.3 Å². The van der Waals surface area contributed by atoms with Crippen LogP contribution in [0.3, 0.4) is 0 Å². The van der Waals surface area contributed by atoms with Gasteiger partial charge in [-0.05, 0) is 62.8 Å². The summed E-state index contributed by atoms with van der Waals surface area (Å²) in [6.45, 7) is 1.63. The lowest BCUT2D eigenvalue weighted by atomic mass is 10.2. The Balaban J connectivity index is 1.68. The molecule has 0 amide bonds. The molecule has 1 atom stereocenters. The van der Waals surface area contributed by atoms with Gasteiger partial charge < -0.3 is 4.74 Å². The third-order valence-corrected chi connectivity index (χ3v) is 5.79. The molecule has 1 saturated heterocycles. The van der Waals surface area contributed by atoms with Gasteiger partial charge in [0.1, 0.15) is 18.1 Å². The van der Waals surface area contributed by atoms with E-state index in [1.54, 1.807) is 7.11 Å². The minimum absolute atomic E-state index is 0.0716. The minimum Gasteiger partial charge on any atom is -0.457 e. The van der Waals surface area contributed by atoms with Crippen LogP contribution in [0.4, 0.5) is 0 Å². The first-order valence-electron chi connectivity index (χ1n) is 8.11. The maximum atomic E-state index is 5.85. The van der Waals surface area contributed by atoms with Crippen LogP contribution in [0.1, 0.15) is 12.8 Å². The molecule has 0 aliphatic carbocycles. The Morgan fingerprint density at radius 3 is 2.38 bits per heavy atom. The predicted octanol–water partition coefficient (Wildman–Crippen LogP) is 4.57. The lowest BCUT2D eigenvalue weighted by molar-refractivity contribution is -0.281. The Kier molecular flexibility index (Phi) is 5.79. The van der Waals surface area contributed by atoms with Crippen LogP contribution in [0.15, 0.2) is 59.5 Å². The number of hydrogen-bond acceptors (Lipinski definition) is 5. The van der Waals surface area contributed by atoms with Crippen molar-refractivity contribution < 1.29 is 14.5 Å². The highest BCUT2D eigenvalue weighted by Crippen LogP contribution is 2.43. The molecule has 1 heterocycles. The highest BCUT2D eigenvalue weighted by Gasteiger charge is 2.40. The molecule has 3 rings (SSSR count). The molecule has 2 aromatic carbocycles. The Bertz CT molecular complexity index is 635. The zero-order chi connectivity index (χ0) is 16.8. The van der Waals surface area contributed by atoms with Gasteiger partial charge in [-0.25, -0.2) is 9.78 Å². The standard InChI is InChI=1S/C19H23NO3S/c1-20-14-6-13-19(20,15-22-21-2)24-18-11-9-17(10-12-18)23-16-7-4-3-5-8-16/h3-5,7-12H,6,13-15H2,1-2H3. The van der Waals surface area contributed by atoms with E-state index >= 15 is 0 Å². The van der Waals surface area contributed by atoms with E-state index in [0.29, 0.717) is 6.61 Å².